The maximum absolute atomic E-state index is 12.8. The molecule has 1 aliphatic rings. The number of imidazole rings is 1. The lowest BCUT2D eigenvalue weighted by Gasteiger charge is -2.26. The summed E-state index contributed by atoms with van der Waals surface area (Å²) in [5, 5.41) is 0. The Hall–Kier alpha value is -1.57. The molecule has 2 N–H and O–H groups in total. The first-order valence-corrected chi connectivity index (χ1v) is 8.86. The van der Waals surface area contributed by atoms with E-state index < -0.39 is 0 Å². The lowest BCUT2D eigenvalue weighted by atomic mass is 9.85. The van der Waals surface area contributed by atoms with Gasteiger partial charge >= 0.3 is 5.69 Å². The molecule has 0 aromatic carbocycles. The Balaban J connectivity index is 0.00000182. The smallest absolute Gasteiger partial charge is 0.328 e. The van der Waals surface area contributed by atoms with Gasteiger partial charge in [0, 0.05) is 32.6 Å². The van der Waals surface area contributed by atoms with Crippen LogP contribution in [0.2, 0.25) is 0 Å². The highest BCUT2D eigenvalue weighted by atomic mass is 35.5. The third-order valence-corrected chi connectivity index (χ3v) is 5.14. The largest absolute Gasteiger partial charge is 0.332 e. The Morgan fingerprint density at radius 3 is 2.44 bits per heavy atom. The van der Waals surface area contributed by atoms with Crippen LogP contribution in [0.15, 0.2) is 21.2 Å². The molecule has 27 heavy (non-hydrogen) atoms. The second-order valence-corrected chi connectivity index (χ2v) is 7.36. The first-order chi connectivity index (χ1) is 11.8. The molecule has 152 valence electrons. The number of nitrogens with zero attached hydrogens (tertiary/aromatic N) is 4. The fourth-order valence-electron chi connectivity index (χ4n) is 3.70. The van der Waals surface area contributed by atoms with Crippen molar-refractivity contribution >= 4 is 36.0 Å². The van der Waals surface area contributed by atoms with Gasteiger partial charge in [0.05, 0.1) is 0 Å². The van der Waals surface area contributed by atoms with Crippen molar-refractivity contribution in [2.45, 2.75) is 58.0 Å². The number of rotatable bonds is 3. The van der Waals surface area contributed by atoms with Crippen molar-refractivity contribution in [1.82, 2.24) is 18.7 Å². The number of halogens is 2. The van der Waals surface area contributed by atoms with E-state index in [-0.39, 0.29) is 48.0 Å². The SMILES string of the molecule is CC(C)=CCn1c([C@H]2CCC[C@@H](N)C2)nc2c1c(=O)n(C)c(=O)n2C.Cl.Cl. The molecule has 7 nitrogen and oxygen atoms in total. The van der Waals surface area contributed by atoms with Crippen molar-refractivity contribution in [2.75, 3.05) is 0 Å². The van der Waals surface area contributed by atoms with Crippen molar-refractivity contribution in [2.24, 2.45) is 19.8 Å². The Labute approximate surface area is 171 Å². The molecule has 2 aromatic heterocycles. The lowest BCUT2D eigenvalue weighted by Crippen LogP contribution is -2.37. The van der Waals surface area contributed by atoms with Gasteiger partial charge in [0.1, 0.15) is 5.82 Å². The first kappa shape index (κ1) is 23.5. The van der Waals surface area contributed by atoms with Gasteiger partial charge in [-0.3, -0.25) is 13.9 Å². The summed E-state index contributed by atoms with van der Waals surface area (Å²) in [7, 11) is 3.18. The zero-order valence-corrected chi connectivity index (χ0v) is 17.9. The summed E-state index contributed by atoms with van der Waals surface area (Å²) in [5.74, 6) is 1.10. The molecular weight excluding hydrogens is 389 g/mol. The standard InChI is InChI=1S/C18H27N5O2.2ClH/c1-11(2)8-9-23-14-16(21(3)18(25)22(4)17(14)24)20-15(23)12-6-5-7-13(19)10-12;;/h8,12-13H,5-7,9-10,19H2,1-4H3;2*1H/t12-,13+;;/m0../s1. The number of fused-ring (bicyclic) bond motifs is 1. The molecule has 3 rings (SSSR count). The Bertz CT molecular complexity index is 953. The molecule has 0 bridgehead atoms. The van der Waals surface area contributed by atoms with Gasteiger partial charge in [-0.05, 0) is 33.1 Å². The highest BCUT2D eigenvalue weighted by Gasteiger charge is 2.27. The van der Waals surface area contributed by atoms with Crippen LogP contribution in [0.5, 0.6) is 0 Å². The maximum atomic E-state index is 12.8. The van der Waals surface area contributed by atoms with Crippen molar-refractivity contribution in [3.63, 3.8) is 0 Å². The molecule has 0 spiro atoms. The van der Waals surface area contributed by atoms with Crippen LogP contribution in [0.4, 0.5) is 0 Å². The van der Waals surface area contributed by atoms with Crippen molar-refractivity contribution in [1.29, 1.82) is 0 Å². The second-order valence-electron chi connectivity index (χ2n) is 7.36. The van der Waals surface area contributed by atoms with Crippen LogP contribution in [0.3, 0.4) is 0 Å². The van der Waals surface area contributed by atoms with Crippen molar-refractivity contribution < 1.29 is 0 Å². The van der Waals surface area contributed by atoms with Gasteiger partial charge in [-0.25, -0.2) is 9.78 Å². The summed E-state index contributed by atoms with van der Waals surface area (Å²) in [6, 6.07) is 0.169. The second kappa shape index (κ2) is 9.08. The monoisotopic (exact) mass is 417 g/mol. The highest BCUT2D eigenvalue weighted by Crippen LogP contribution is 2.32. The van der Waals surface area contributed by atoms with E-state index in [1.165, 1.54) is 17.2 Å². The van der Waals surface area contributed by atoms with Gasteiger partial charge in [0.15, 0.2) is 11.2 Å². The molecule has 0 unspecified atom stereocenters. The van der Waals surface area contributed by atoms with Crippen LogP contribution in [0.25, 0.3) is 11.2 Å². The predicted molar refractivity (Wildman–Crippen MR) is 113 cm³/mol. The van der Waals surface area contributed by atoms with E-state index in [4.69, 9.17) is 10.7 Å². The number of hydrogen-bond donors (Lipinski definition) is 1. The summed E-state index contributed by atoms with van der Waals surface area (Å²) in [6.45, 7) is 4.64. The van der Waals surface area contributed by atoms with E-state index in [9.17, 15) is 9.59 Å². The fourth-order valence-corrected chi connectivity index (χ4v) is 3.70. The Morgan fingerprint density at radius 1 is 1.19 bits per heavy atom. The minimum atomic E-state index is -0.351. The third-order valence-electron chi connectivity index (χ3n) is 5.14. The van der Waals surface area contributed by atoms with Crippen molar-refractivity contribution in [3.8, 4) is 0 Å². The van der Waals surface area contributed by atoms with Gasteiger partial charge in [-0.2, -0.15) is 0 Å². The number of hydrogen-bond acceptors (Lipinski definition) is 4. The predicted octanol–water partition coefficient (Wildman–Crippen LogP) is 2.23. The van der Waals surface area contributed by atoms with Crippen LogP contribution in [0.1, 0.15) is 51.3 Å². The zero-order chi connectivity index (χ0) is 18.3. The molecule has 1 saturated carbocycles. The molecule has 1 fully saturated rings. The Kier molecular flexibility index (Phi) is 7.89. The minimum absolute atomic E-state index is 0. The van der Waals surface area contributed by atoms with E-state index in [0.29, 0.717) is 17.7 Å². The highest BCUT2D eigenvalue weighted by molar-refractivity contribution is 5.85. The quantitative estimate of drug-likeness (QED) is 0.775. The number of aryl methyl sites for hydroxylation is 1. The maximum Gasteiger partial charge on any atom is 0.332 e. The molecular formula is C18H29Cl2N5O2. The van der Waals surface area contributed by atoms with E-state index >= 15 is 0 Å². The van der Waals surface area contributed by atoms with E-state index in [1.54, 1.807) is 7.05 Å². The van der Waals surface area contributed by atoms with E-state index in [1.807, 2.05) is 18.4 Å². The third kappa shape index (κ3) is 4.31. The van der Waals surface area contributed by atoms with Crippen LogP contribution in [0, 0.1) is 0 Å². The summed E-state index contributed by atoms with van der Waals surface area (Å²) >= 11 is 0. The molecule has 0 amide bonds. The zero-order valence-electron chi connectivity index (χ0n) is 16.3. The van der Waals surface area contributed by atoms with Gasteiger partial charge in [-0.15, -0.1) is 24.8 Å². The van der Waals surface area contributed by atoms with E-state index in [2.05, 4.69) is 6.08 Å². The molecule has 0 saturated heterocycles. The van der Waals surface area contributed by atoms with Gasteiger partial charge < -0.3 is 10.3 Å². The molecule has 1 aliphatic carbocycles. The average Bonchev–Trinajstić information content (AvgIpc) is 2.96. The normalized spacial score (nSPS) is 19.3. The summed E-state index contributed by atoms with van der Waals surface area (Å²) in [6.07, 6.45) is 6.06. The lowest BCUT2D eigenvalue weighted by molar-refractivity contribution is 0.376. The summed E-state index contributed by atoms with van der Waals surface area (Å²) in [4.78, 5) is 29.8. The van der Waals surface area contributed by atoms with Gasteiger partial charge in [-0.1, -0.05) is 18.1 Å². The van der Waals surface area contributed by atoms with Crippen LogP contribution < -0.4 is 17.0 Å². The van der Waals surface area contributed by atoms with Crippen LogP contribution in [-0.2, 0) is 20.6 Å². The van der Waals surface area contributed by atoms with Crippen LogP contribution >= 0.6 is 24.8 Å². The molecule has 2 heterocycles. The van der Waals surface area contributed by atoms with Gasteiger partial charge in [0.25, 0.3) is 5.56 Å². The molecule has 0 radical (unpaired) electrons. The molecule has 2 atom stereocenters. The molecule has 2 aromatic rings. The topological polar surface area (TPSA) is 87.8 Å². The van der Waals surface area contributed by atoms with E-state index in [0.717, 1.165) is 36.1 Å². The van der Waals surface area contributed by atoms with Gasteiger partial charge in [0.2, 0.25) is 0 Å². The molecule has 0 aliphatic heterocycles. The minimum Gasteiger partial charge on any atom is -0.328 e. The Morgan fingerprint density at radius 2 is 1.85 bits per heavy atom. The first-order valence-electron chi connectivity index (χ1n) is 8.86. The van der Waals surface area contributed by atoms with Crippen LogP contribution in [-0.4, -0.2) is 24.7 Å². The fraction of sp³-hybridized carbons (Fsp3) is 0.611. The van der Waals surface area contributed by atoms with Crippen molar-refractivity contribution in [3.05, 3.63) is 38.3 Å². The number of allylic oxidation sites excluding steroid dienone is 2. The summed E-state index contributed by atoms with van der Waals surface area (Å²) < 4.78 is 4.59. The summed E-state index contributed by atoms with van der Waals surface area (Å²) in [5.41, 5.74) is 7.66. The number of aromatic nitrogens is 4. The molecule has 9 heteroatoms. The number of nitrogens with two attached hydrogens (primary N) is 1. The average molecular weight is 418 g/mol.